The summed E-state index contributed by atoms with van der Waals surface area (Å²) in [6, 6.07) is 6.12. The monoisotopic (exact) mass is 258 g/mol. The van der Waals surface area contributed by atoms with Crippen LogP contribution in [-0.4, -0.2) is 34.9 Å². The zero-order valence-electron chi connectivity index (χ0n) is 10.0. The summed E-state index contributed by atoms with van der Waals surface area (Å²) in [7, 11) is 0. The molecule has 0 bridgehead atoms. The molecule has 0 atom stereocenters. The smallest absolute Gasteiger partial charge is 0.123 e. The van der Waals surface area contributed by atoms with Gasteiger partial charge in [0.15, 0.2) is 0 Å². The minimum Gasteiger partial charge on any atom is -0.395 e. The highest BCUT2D eigenvalue weighted by Gasteiger charge is 2.30. The van der Waals surface area contributed by atoms with E-state index in [-0.39, 0.29) is 19.0 Å². The maximum atomic E-state index is 13.2. The molecule has 0 spiro atoms. The Morgan fingerprint density at radius 2 is 2.00 bits per heavy atom. The Labute approximate surface area is 106 Å². The zero-order valence-corrected chi connectivity index (χ0v) is 10.8. The van der Waals surface area contributed by atoms with Gasteiger partial charge in [0.05, 0.1) is 13.2 Å². The van der Waals surface area contributed by atoms with E-state index in [1.165, 1.54) is 12.1 Å². The van der Waals surface area contributed by atoms with Gasteiger partial charge in [-0.3, -0.25) is 0 Å². The van der Waals surface area contributed by atoms with E-state index in [9.17, 15) is 14.6 Å². The van der Waals surface area contributed by atoms with Gasteiger partial charge in [-0.2, -0.15) is 11.8 Å². The second-order valence-electron chi connectivity index (χ2n) is 4.05. The molecule has 17 heavy (non-hydrogen) atoms. The Balaban J connectivity index is 2.89. The number of aliphatic hydroxyl groups is 2. The van der Waals surface area contributed by atoms with Crippen LogP contribution in [0.25, 0.3) is 0 Å². The van der Waals surface area contributed by atoms with E-state index in [0.717, 1.165) is 11.5 Å². The summed E-state index contributed by atoms with van der Waals surface area (Å²) in [5.74, 6) is 1.50. The van der Waals surface area contributed by atoms with Crippen LogP contribution in [0, 0.1) is 5.82 Å². The van der Waals surface area contributed by atoms with Crippen LogP contribution < -0.4 is 0 Å². The Hall–Kier alpha value is -0.580. The molecule has 0 heterocycles. The minimum absolute atomic E-state index is 0.169. The van der Waals surface area contributed by atoms with Crippen molar-refractivity contribution >= 4 is 11.8 Å². The quantitative estimate of drug-likeness (QED) is 0.737. The number of thioether (sulfide) groups is 1. The van der Waals surface area contributed by atoms with Crippen LogP contribution in [0.15, 0.2) is 24.3 Å². The fourth-order valence-corrected chi connectivity index (χ4v) is 2.59. The van der Waals surface area contributed by atoms with E-state index in [2.05, 4.69) is 6.92 Å². The van der Waals surface area contributed by atoms with Crippen molar-refractivity contribution in [3.05, 3.63) is 35.6 Å². The summed E-state index contributed by atoms with van der Waals surface area (Å²) in [6.45, 7) is 1.72. The summed E-state index contributed by atoms with van der Waals surface area (Å²) in [5, 5.41) is 19.1. The molecule has 96 valence electrons. The van der Waals surface area contributed by atoms with Crippen molar-refractivity contribution in [1.29, 1.82) is 0 Å². The molecular weight excluding hydrogens is 239 g/mol. The summed E-state index contributed by atoms with van der Waals surface area (Å²) >= 11 is 1.75. The fraction of sp³-hybridized carbons (Fsp3) is 0.538. The fourth-order valence-electron chi connectivity index (χ4n) is 1.77. The van der Waals surface area contributed by atoms with E-state index in [4.69, 9.17) is 0 Å². The van der Waals surface area contributed by atoms with Gasteiger partial charge in [0, 0.05) is 5.41 Å². The largest absolute Gasteiger partial charge is 0.395 e. The van der Waals surface area contributed by atoms with Gasteiger partial charge in [-0.1, -0.05) is 19.1 Å². The number of halogens is 1. The van der Waals surface area contributed by atoms with Crippen molar-refractivity contribution in [3.8, 4) is 0 Å². The molecular formula is C13H19FO2S. The van der Waals surface area contributed by atoms with Crippen LogP contribution in [0.1, 0.15) is 18.9 Å². The summed E-state index contributed by atoms with van der Waals surface area (Å²) in [5.41, 5.74) is -0.0659. The molecule has 0 saturated carbocycles. The van der Waals surface area contributed by atoms with E-state index >= 15 is 0 Å². The van der Waals surface area contributed by atoms with Gasteiger partial charge in [0.25, 0.3) is 0 Å². The van der Waals surface area contributed by atoms with Crippen molar-refractivity contribution in [2.75, 3.05) is 24.7 Å². The average Bonchev–Trinajstić information content (AvgIpc) is 2.35. The topological polar surface area (TPSA) is 40.5 Å². The standard InChI is InChI=1S/C13H19FO2S/c1-2-17-7-6-13(9-15,10-16)11-4-3-5-12(14)8-11/h3-5,8,15-16H,2,6-7,9-10H2,1H3. The maximum Gasteiger partial charge on any atom is 0.123 e. The number of hydrogen-bond acceptors (Lipinski definition) is 3. The van der Waals surface area contributed by atoms with Gasteiger partial charge in [-0.25, -0.2) is 4.39 Å². The third kappa shape index (κ3) is 3.69. The van der Waals surface area contributed by atoms with Gasteiger partial charge in [0.2, 0.25) is 0 Å². The molecule has 0 aromatic heterocycles. The Morgan fingerprint density at radius 1 is 1.29 bits per heavy atom. The molecule has 1 aromatic rings. The maximum absolute atomic E-state index is 13.2. The van der Waals surface area contributed by atoms with E-state index in [1.807, 2.05) is 0 Å². The Morgan fingerprint density at radius 3 is 2.53 bits per heavy atom. The second-order valence-corrected chi connectivity index (χ2v) is 5.45. The van der Waals surface area contributed by atoms with Crippen LogP contribution >= 0.6 is 11.8 Å². The summed E-state index contributed by atoms with van der Waals surface area (Å²) in [6.07, 6.45) is 0.641. The number of hydrogen-bond donors (Lipinski definition) is 2. The summed E-state index contributed by atoms with van der Waals surface area (Å²) < 4.78 is 13.2. The van der Waals surface area contributed by atoms with E-state index < -0.39 is 5.41 Å². The molecule has 0 aliphatic carbocycles. The minimum atomic E-state index is -0.732. The summed E-state index contributed by atoms with van der Waals surface area (Å²) in [4.78, 5) is 0. The highest BCUT2D eigenvalue weighted by molar-refractivity contribution is 7.99. The van der Waals surface area contributed by atoms with Crippen LogP contribution in [-0.2, 0) is 5.41 Å². The first-order valence-electron chi connectivity index (χ1n) is 5.74. The highest BCUT2D eigenvalue weighted by atomic mass is 32.2. The SMILES string of the molecule is CCSCCC(CO)(CO)c1cccc(F)c1. The molecule has 0 aliphatic rings. The predicted octanol–water partition coefficient (Wildman–Crippen LogP) is 2.19. The lowest BCUT2D eigenvalue weighted by molar-refractivity contribution is 0.114. The molecule has 0 unspecified atom stereocenters. The Kier molecular flexibility index (Phi) is 5.95. The third-order valence-electron chi connectivity index (χ3n) is 2.97. The first kappa shape index (κ1) is 14.5. The van der Waals surface area contributed by atoms with Crippen LogP contribution in [0.3, 0.4) is 0 Å². The van der Waals surface area contributed by atoms with Gasteiger partial charge in [0.1, 0.15) is 5.82 Å². The lowest BCUT2D eigenvalue weighted by atomic mass is 9.79. The molecule has 0 saturated heterocycles. The van der Waals surface area contributed by atoms with Gasteiger partial charge in [-0.15, -0.1) is 0 Å². The molecule has 1 aromatic carbocycles. The number of rotatable bonds is 7. The van der Waals surface area contributed by atoms with Crippen molar-refractivity contribution in [2.45, 2.75) is 18.8 Å². The van der Waals surface area contributed by atoms with Crippen molar-refractivity contribution in [2.24, 2.45) is 0 Å². The molecule has 2 nitrogen and oxygen atoms in total. The highest BCUT2D eigenvalue weighted by Crippen LogP contribution is 2.29. The van der Waals surface area contributed by atoms with Gasteiger partial charge >= 0.3 is 0 Å². The molecule has 0 amide bonds. The van der Waals surface area contributed by atoms with Crippen molar-refractivity contribution in [1.82, 2.24) is 0 Å². The van der Waals surface area contributed by atoms with E-state index in [0.29, 0.717) is 12.0 Å². The molecule has 2 N–H and O–H groups in total. The number of aliphatic hydroxyl groups excluding tert-OH is 2. The lowest BCUT2D eigenvalue weighted by Gasteiger charge is -2.30. The van der Waals surface area contributed by atoms with E-state index in [1.54, 1.807) is 23.9 Å². The van der Waals surface area contributed by atoms with Crippen LogP contribution in [0.2, 0.25) is 0 Å². The molecule has 0 aliphatic heterocycles. The molecule has 1 rings (SSSR count). The van der Waals surface area contributed by atoms with Crippen molar-refractivity contribution < 1.29 is 14.6 Å². The first-order valence-corrected chi connectivity index (χ1v) is 6.89. The van der Waals surface area contributed by atoms with Gasteiger partial charge < -0.3 is 10.2 Å². The van der Waals surface area contributed by atoms with Crippen LogP contribution in [0.5, 0.6) is 0 Å². The van der Waals surface area contributed by atoms with Gasteiger partial charge in [-0.05, 0) is 35.6 Å². The first-order chi connectivity index (χ1) is 8.18. The zero-order chi connectivity index (χ0) is 12.7. The van der Waals surface area contributed by atoms with Crippen molar-refractivity contribution in [3.63, 3.8) is 0 Å². The van der Waals surface area contributed by atoms with Crippen LogP contribution in [0.4, 0.5) is 4.39 Å². The molecule has 0 radical (unpaired) electrons. The Bertz CT molecular complexity index is 340. The average molecular weight is 258 g/mol. The lowest BCUT2D eigenvalue weighted by Crippen LogP contribution is -2.35. The second kappa shape index (κ2) is 6.99. The molecule has 4 heteroatoms. The normalized spacial score (nSPS) is 11.8. The predicted molar refractivity (Wildman–Crippen MR) is 69.9 cm³/mol. The third-order valence-corrected chi connectivity index (χ3v) is 3.87. The number of benzene rings is 1. The molecule has 0 fully saturated rings.